The van der Waals surface area contributed by atoms with E-state index in [0.717, 1.165) is 35.9 Å². The first-order valence-corrected chi connectivity index (χ1v) is 10.8. The molecule has 0 spiro atoms. The normalized spacial score (nSPS) is 14.5. The molecule has 0 aliphatic carbocycles. The number of aromatic nitrogens is 3. The summed E-state index contributed by atoms with van der Waals surface area (Å²) in [5, 5.41) is 11.4. The number of hydrogen-bond acceptors (Lipinski definition) is 6. The van der Waals surface area contributed by atoms with Gasteiger partial charge in [-0.1, -0.05) is 23.4 Å². The highest BCUT2D eigenvalue weighted by molar-refractivity contribution is 5.92. The van der Waals surface area contributed by atoms with Crippen molar-refractivity contribution < 1.29 is 14.1 Å². The lowest BCUT2D eigenvalue weighted by molar-refractivity contribution is -0.116. The van der Waals surface area contributed by atoms with E-state index in [9.17, 15) is 9.59 Å². The molecule has 3 aromatic rings. The Morgan fingerprint density at radius 3 is 2.44 bits per heavy atom. The van der Waals surface area contributed by atoms with E-state index >= 15 is 0 Å². The number of aryl methyl sites for hydroxylation is 2. The highest BCUT2D eigenvalue weighted by atomic mass is 16.5. The molecule has 3 heterocycles. The first-order valence-electron chi connectivity index (χ1n) is 10.8. The van der Waals surface area contributed by atoms with Crippen LogP contribution in [0, 0.1) is 20.8 Å². The van der Waals surface area contributed by atoms with E-state index in [4.69, 9.17) is 4.52 Å². The standard InChI is InChI=1S/C23H28N6O3/c1-16-15-20(32-26-16)23(31)28-13-11-27(12-14-28)10-9-21(30)24-22-17(2)25-29(18(22)3)19-7-5-4-6-8-19/h4-8,15H,9-14H2,1-3H3,(H,24,30). The number of benzene rings is 1. The molecule has 1 fully saturated rings. The summed E-state index contributed by atoms with van der Waals surface area (Å²) in [6.45, 7) is 8.92. The number of para-hydroxylation sites is 1. The van der Waals surface area contributed by atoms with Gasteiger partial charge in [0.25, 0.3) is 5.91 Å². The van der Waals surface area contributed by atoms with Gasteiger partial charge >= 0.3 is 0 Å². The van der Waals surface area contributed by atoms with Gasteiger partial charge < -0.3 is 14.7 Å². The third-order valence-corrected chi connectivity index (χ3v) is 5.71. The lowest BCUT2D eigenvalue weighted by Crippen LogP contribution is -2.49. The number of piperazine rings is 1. The minimum Gasteiger partial charge on any atom is -0.351 e. The van der Waals surface area contributed by atoms with Crippen LogP contribution in [0.15, 0.2) is 40.9 Å². The molecule has 2 aromatic heterocycles. The predicted molar refractivity (Wildman–Crippen MR) is 120 cm³/mol. The molecule has 1 aliphatic rings. The molecule has 0 unspecified atom stereocenters. The van der Waals surface area contributed by atoms with Gasteiger partial charge in [-0.15, -0.1) is 0 Å². The summed E-state index contributed by atoms with van der Waals surface area (Å²) < 4.78 is 6.92. The Labute approximate surface area is 187 Å². The number of nitrogens with zero attached hydrogens (tertiary/aromatic N) is 5. The maximum absolute atomic E-state index is 12.6. The zero-order valence-corrected chi connectivity index (χ0v) is 18.7. The van der Waals surface area contributed by atoms with Crippen LogP contribution in [-0.2, 0) is 4.79 Å². The smallest absolute Gasteiger partial charge is 0.292 e. The lowest BCUT2D eigenvalue weighted by atomic mass is 10.2. The topological polar surface area (TPSA) is 96.5 Å². The minimum absolute atomic E-state index is 0.0422. The van der Waals surface area contributed by atoms with Crippen LogP contribution in [0.2, 0.25) is 0 Å². The second-order valence-corrected chi connectivity index (χ2v) is 8.06. The summed E-state index contributed by atoms with van der Waals surface area (Å²) in [6, 6.07) is 11.5. The van der Waals surface area contributed by atoms with Gasteiger partial charge in [-0.3, -0.25) is 14.5 Å². The molecule has 1 saturated heterocycles. The van der Waals surface area contributed by atoms with Crippen LogP contribution in [0.3, 0.4) is 0 Å². The largest absolute Gasteiger partial charge is 0.351 e. The fraction of sp³-hybridized carbons (Fsp3) is 0.391. The van der Waals surface area contributed by atoms with Crippen molar-refractivity contribution in [2.75, 3.05) is 38.0 Å². The van der Waals surface area contributed by atoms with Gasteiger partial charge in [0.1, 0.15) is 0 Å². The molecular formula is C23H28N6O3. The Kier molecular flexibility index (Phi) is 6.36. The zero-order chi connectivity index (χ0) is 22.7. The van der Waals surface area contributed by atoms with Gasteiger partial charge in [-0.25, -0.2) is 4.68 Å². The molecular weight excluding hydrogens is 408 g/mol. The molecule has 2 amide bonds. The van der Waals surface area contributed by atoms with E-state index in [0.29, 0.717) is 31.7 Å². The van der Waals surface area contributed by atoms with Crippen molar-refractivity contribution in [3.63, 3.8) is 0 Å². The van der Waals surface area contributed by atoms with Crippen molar-refractivity contribution in [1.82, 2.24) is 24.7 Å². The predicted octanol–water partition coefficient (Wildman–Crippen LogP) is 2.57. The van der Waals surface area contributed by atoms with E-state index < -0.39 is 0 Å². The minimum atomic E-state index is -0.135. The summed E-state index contributed by atoms with van der Waals surface area (Å²) in [7, 11) is 0. The van der Waals surface area contributed by atoms with Crippen molar-refractivity contribution in [3.05, 3.63) is 59.2 Å². The van der Waals surface area contributed by atoms with Crippen LogP contribution >= 0.6 is 0 Å². The van der Waals surface area contributed by atoms with E-state index in [-0.39, 0.29) is 17.6 Å². The average Bonchev–Trinajstić information content (AvgIpc) is 3.36. The van der Waals surface area contributed by atoms with Crippen molar-refractivity contribution >= 4 is 17.5 Å². The van der Waals surface area contributed by atoms with Gasteiger partial charge in [0, 0.05) is 45.2 Å². The Hall–Kier alpha value is -3.46. The number of amides is 2. The summed E-state index contributed by atoms with van der Waals surface area (Å²) in [5.74, 6) is 0.0981. The molecule has 0 bridgehead atoms. The van der Waals surface area contributed by atoms with Crippen LogP contribution in [0.1, 0.15) is 34.1 Å². The van der Waals surface area contributed by atoms with Crippen molar-refractivity contribution in [2.24, 2.45) is 0 Å². The van der Waals surface area contributed by atoms with Crippen molar-refractivity contribution in [2.45, 2.75) is 27.2 Å². The molecule has 4 rings (SSSR count). The second kappa shape index (κ2) is 9.35. The van der Waals surface area contributed by atoms with E-state index in [2.05, 4.69) is 20.5 Å². The molecule has 0 radical (unpaired) electrons. The third-order valence-electron chi connectivity index (χ3n) is 5.71. The molecule has 168 valence electrons. The summed E-state index contributed by atoms with van der Waals surface area (Å²) in [5.41, 5.74) is 4.10. The quantitative estimate of drug-likeness (QED) is 0.638. The van der Waals surface area contributed by atoms with E-state index in [1.165, 1.54) is 0 Å². The van der Waals surface area contributed by atoms with Gasteiger partial charge in [-0.2, -0.15) is 5.10 Å². The fourth-order valence-electron chi connectivity index (χ4n) is 3.90. The number of carbonyl (C=O) groups is 2. The van der Waals surface area contributed by atoms with E-state index in [1.807, 2.05) is 48.9 Å². The number of nitrogens with one attached hydrogen (secondary N) is 1. The molecule has 0 atom stereocenters. The number of carbonyl (C=O) groups excluding carboxylic acids is 2. The number of hydrogen-bond donors (Lipinski definition) is 1. The molecule has 1 N–H and O–H groups in total. The Bertz CT molecular complexity index is 1100. The molecule has 1 aliphatic heterocycles. The fourth-order valence-corrected chi connectivity index (χ4v) is 3.90. The van der Waals surface area contributed by atoms with Gasteiger partial charge in [0.05, 0.1) is 28.5 Å². The van der Waals surface area contributed by atoms with Crippen molar-refractivity contribution in [1.29, 1.82) is 0 Å². The third kappa shape index (κ3) is 4.72. The lowest BCUT2D eigenvalue weighted by Gasteiger charge is -2.34. The summed E-state index contributed by atoms with van der Waals surface area (Å²) in [6.07, 6.45) is 0.380. The molecule has 9 nitrogen and oxygen atoms in total. The average molecular weight is 437 g/mol. The Morgan fingerprint density at radius 2 is 1.78 bits per heavy atom. The maximum atomic E-state index is 12.6. The molecule has 32 heavy (non-hydrogen) atoms. The monoisotopic (exact) mass is 436 g/mol. The number of rotatable bonds is 6. The Morgan fingerprint density at radius 1 is 1.06 bits per heavy atom. The first kappa shape index (κ1) is 21.8. The van der Waals surface area contributed by atoms with Crippen LogP contribution in [0.5, 0.6) is 0 Å². The molecule has 9 heteroatoms. The van der Waals surface area contributed by atoms with Crippen molar-refractivity contribution in [3.8, 4) is 5.69 Å². The van der Waals surface area contributed by atoms with Gasteiger partial charge in [0.2, 0.25) is 11.7 Å². The maximum Gasteiger partial charge on any atom is 0.292 e. The van der Waals surface area contributed by atoms with Crippen LogP contribution < -0.4 is 5.32 Å². The second-order valence-electron chi connectivity index (χ2n) is 8.06. The highest BCUT2D eigenvalue weighted by Crippen LogP contribution is 2.23. The molecule has 0 saturated carbocycles. The Balaban J connectivity index is 1.27. The van der Waals surface area contributed by atoms with E-state index in [1.54, 1.807) is 17.9 Å². The highest BCUT2D eigenvalue weighted by Gasteiger charge is 2.25. The van der Waals surface area contributed by atoms with Crippen LogP contribution in [0.25, 0.3) is 5.69 Å². The van der Waals surface area contributed by atoms with Gasteiger partial charge in [0.15, 0.2) is 0 Å². The summed E-state index contributed by atoms with van der Waals surface area (Å²) in [4.78, 5) is 29.0. The molecule has 1 aromatic carbocycles. The SMILES string of the molecule is Cc1cc(C(=O)N2CCN(CCC(=O)Nc3c(C)nn(-c4ccccc4)c3C)CC2)on1. The van der Waals surface area contributed by atoms with Gasteiger partial charge in [-0.05, 0) is 32.9 Å². The zero-order valence-electron chi connectivity index (χ0n) is 18.7. The summed E-state index contributed by atoms with van der Waals surface area (Å²) >= 11 is 0. The van der Waals surface area contributed by atoms with Crippen LogP contribution in [0.4, 0.5) is 5.69 Å². The number of anilines is 1. The van der Waals surface area contributed by atoms with Crippen LogP contribution in [-0.4, -0.2) is 69.3 Å². The first-order chi connectivity index (χ1) is 15.4.